The lowest BCUT2D eigenvalue weighted by atomic mass is 9.95. The molecule has 3 amide bonds. The number of piperidine rings is 2. The number of nitrogens with zero attached hydrogens (tertiary/aromatic N) is 6. The standard InChI is InChI=1S/C25H27FN4O2.C20H17ClFN3O2.C10H19NO2/c1-25(2,3)24(32)28-17-8-9-19(26)18(14-17)23(31)16-7-10-20-21(13-16)29-22(15-27-20)30-11-5-4-6-12-30;1-20(2,3)19(27)24-12-5-6-14(22)13(9-12)18(26)11-4-7-15-16(8-11)25-17(21)10-23-15;1-10(2,3)13-9(12)11-7-5-4-6-8-11/h7-10,13-15H,4-6,11-12H2,1-3H3,(H,28,32);4-10H,1-3H3,(H,24,27);4-8H2,1-3H3. The van der Waals surface area contributed by atoms with Crippen LogP contribution in [0, 0.1) is 22.5 Å². The van der Waals surface area contributed by atoms with E-state index < -0.39 is 34.0 Å². The van der Waals surface area contributed by atoms with Crippen molar-refractivity contribution < 1.29 is 37.5 Å². The Balaban J connectivity index is 0.000000191. The average Bonchev–Trinajstić information content (AvgIpc) is 3.34. The normalized spacial score (nSPS) is 14.1. The van der Waals surface area contributed by atoms with Gasteiger partial charge in [0, 0.05) is 59.5 Å². The van der Waals surface area contributed by atoms with Gasteiger partial charge in [0.1, 0.15) is 28.2 Å². The average molecular weight is 1010 g/mol. The monoisotopic (exact) mass is 1000 g/mol. The summed E-state index contributed by atoms with van der Waals surface area (Å²) in [4.78, 5) is 83.3. The molecule has 0 bridgehead atoms. The van der Waals surface area contributed by atoms with Crippen LogP contribution >= 0.6 is 11.6 Å². The number of ether oxygens (including phenoxy) is 1. The van der Waals surface area contributed by atoms with E-state index in [1.54, 1.807) is 83.0 Å². The zero-order valence-corrected chi connectivity index (χ0v) is 43.2. The van der Waals surface area contributed by atoms with Crippen LogP contribution in [0.15, 0.2) is 85.2 Å². The summed E-state index contributed by atoms with van der Waals surface area (Å²) in [5.41, 5.74) is 1.74. The predicted molar refractivity (Wildman–Crippen MR) is 278 cm³/mol. The molecule has 2 saturated heterocycles. The number of carbonyl (C=O) groups is 5. The van der Waals surface area contributed by atoms with Crippen molar-refractivity contribution in [3.05, 3.63) is 124 Å². The summed E-state index contributed by atoms with van der Waals surface area (Å²) in [5, 5.41) is 5.64. The third kappa shape index (κ3) is 14.8. The molecule has 4 heterocycles. The first kappa shape index (κ1) is 54.4. The number of aromatic nitrogens is 4. The molecule has 17 heteroatoms. The molecule has 380 valence electrons. The van der Waals surface area contributed by atoms with Crippen molar-refractivity contribution in [2.45, 2.75) is 106 Å². The first-order chi connectivity index (χ1) is 33.9. The van der Waals surface area contributed by atoms with E-state index in [0.717, 1.165) is 63.7 Å². The number of halogens is 3. The molecule has 2 aliphatic heterocycles. The first-order valence-electron chi connectivity index (χ1n) is 24.1. The van der Waals surface area contributed by atoms with Crippen molar-refractivity contribution >= 4 is 80.3 Å². The van der Waals surface area contributed by atoms with Crippen molar-refractivity contribution in [3.63, 3.8) is 0 Å². The number of hydrogen-bond donors (Lipinski definition) is 2. The van der Waals surface area contributed by atoms with Crippen molar-refractivity contribution in [2.24, 2.45) is 10.8 Å². The number of carbonyl (C=O) groups excluding carboxylic acids is 5. The molecule has 14 nitrogen and oxygen atoms in total. The maximum absolute atomic E-state index is 14.5. The number of hydrogen-bond acceptors (Lipinski definition) is 11. The van der Waals surface area contributed by atoms with Gasteiger partial charge in [0.15, 0.2) is 11.6 Å². The van der Waals surface area contributed by atoms with Crippen molar-refractivity contribution in [2.75, 3.05) is 41.7 Å². The highest BCUT2D eigenvalue weighted by atomic mass is 35.5. The fourth-order valence-electron chi connectivity index (χ4n) is 7.45. The van der Waals surface area contributed by atoms with Crippen molar-refractivity contribution in [3.8, 4) is 0 Å². The lowest BCUT2D eigenvalue weighted by Gasteiger charge is -2.29. The molecule has 6 aromatic rings. The van der Waals surface area contributed by atoms with Crippen LogP contribution in [0.3, 0.4) is 0 Å². The number of ketones is 2. The van der Waals surface area contributed by atoms with Crippen LogP contribution in [-0.4, -0.2) is 86.1 Å². The highest BCUT2D eigenvalue weighted by Gasteiger charge is 2.26. The number of likely N-dealkylation sites (tertiary alicyclic amines) is 1. The van der Waals surface area contributed by atoms with Crippen molar-refractivity contribution in [1.82, 2.24) is 24.8 Å². The van der Waals surface area contributed by atoms with Gasteiger partial charge in [0.05, 0.1) is 45.6 Å². The summed E-state index contributed by atoms with van der Waals surface area (Å²) in [7, 11) is 0. The van der Waals surface area contributed by atoms with Gasteiger partial charge >= 0.3 is 6.09 Å². The Morgan fingerprint density at radius 3 is 1.46 bits per heavy atom. The lowest BCUT2D eigenvalue weighted by molar-refractivity contribution is -0.123. The quantitative estimate of drug-likeness (QED) is 0.146. The smallest absolute Gasteiger partial charge is 0.410 e. The minimum absolute atomic E-state index is 0.101. The third-order valence-electron chi connectivity index (χ3n) is 11.6. The molecule has 72 heavy (non-hydrogen) atoms. The van der Waals surface area contributed by atoms with E-state index in [4.69, 9.17) is 21.3 Å². The van der Waals surface area contributed by atoms with Crippen LogP contribution in [0.1, 0.15) is 133 Å². The summed E-state index contributed by atoms with van der Waals surface area (Å²) in [6, 6.07) is 17.6. The van der Waals surface area contributed by atoms with Gasteiger partial charge < -0.3 is 25.2 Å². The van der Waals surface area contributed by atoms with E-state index in [2.05, 4.69) is 30.5 Å². The molecule has 2 N–H and O–H groups in total. The van der Waals surface area contributed by atoms with Gasteiger partial charge in [-0.05, 0) is 132 Å². The van der Waals surface area contributed by atoms with E-state index in [1.807, 2.05) is 20.8 Å². The Bertz CT molecular complexity index is 2970. The van der Waals surface area contributed by atoms with Gasteiger partial charge in [-0.1, -0.05) is 53.1 Å². The Labute approximate surface area is 424 Å². The molecule has 0 spiro atoms. The molecular formula is C55H63ClF2N8O6. The predicted octanol–water partition coefficient (Wildman–Crippen LogP) is 12.0. The van der Waals surface area contributed by atoms with Crippen LogP contribution in [0.25, 0.3) is 22.1 Å². The van der Waals surface area contributed by atoms with Crippen LogP contribution in [0.2, 0.25) is 5.15 Å². The Morgan fingerprint density at radius 1 is 0.556 bits per heavy atom. The Kier molecular flexibility index (Phi) is 17.4. The second-order valence-electron chi connectivity index (χ2n) is 20.9. The topological polar surface area (TPSA) is 177 Å². The first-order valence-corrected chi connectivity index (χ1v) is 24.5. The molecule has 2 fully saturated rings. The van der Waals surface area contributed by atoms with Gasteiger partial charge in [-0.15, -0.1) is 0 Å². The fourth-order valence-corrected chi connectivity index (χ4v) is 7.59. The molecule has 4 aromatic carbocycles. The third-order valence-corrected chi connectivity index (χ3v) is 11.7. The summed E-state index contributed by atoms with van der Waals surface area (Å²) in [6.07, 6.45) is 9.93. The molecule has 2 aromatic heterocycles. The SMILES string of the molecule is CC(C)(C)C(=O)Nc1ccc(F)c(C(=O)c2ccc3ncc(Cl)nc3c2)c1.CC(C)(C)C(=O)Nc1ccc(F)c(C(=O)c2ccc3ncc(N4CCCCC4)nc3c2)c1.CC(C)(C)OC(=O)N1CCCCC1. The number of anilines is 3. The van der Waals surface area contributed by atoms with Crippen LogP contribution in [0.4, 0.5) is 30.8 Å². The summed E-state index contributed by atoms with van der Waals surface area (Å²) < 4.78 is 34.1. The Morgan fingerprint density at radius 2 is 1.00 bits per heavy atom. The molecule has 0 radical (unpaired) electrons. The Hall–Kier alpha value is -6.94. The molecule has 0 atom stereocenters. The number of amides is 3. The second kappa shape index (κ2) is 23.1. The van der Waals surface area contributed by atoms with E-state index in [0.29, 0.717) is 39.0 Å². The number of benzene rings is 4. The maximum atomic E-state index is 14.5. The molecular weight excluding hydrogens is 942 g/mol. The highest BCUT2D eigenvalue weighted by molar-refractivity contribution is 6.29. The van der Waals surface area contributed by atoms with E-state index in [1.165, 1.54) is 55.4 Å². The summed E-state index contributed by atoms with van der Waals surface area (Å²) >= 11 is 5.84. The van der Waals surface area contributed by atoms with Gasteiger partial charge in [0.25, 0.3) is 0 Å². The number of fused-ring (bicyclic) bond motifs is 2. The number of rotatable bonds is 7. The zero-order chi connectivity index (χ0) is 52.5. The number of nitrogens with one attached hydrogen (secondary N) is 2. The minimum Gasteiger partial charge on any atom is -0.444 e. The van der Waals surface area contributed by atoms with Crippen LogP contribution in [-0.2, 0) is 14.3 Å². The van der Waals surface area contributed by atoms with Gasteiger partial charge in [-0.3, -0.25) is 29.1 Å². The highest BCUT2D eigenvalue weighted by Crippen LogP contribution is 2.27. The molecule has 0 unspecified atom stereocenters. The van der Waals surface area contributed by atoms with Gasteiger partial charge in [-0.25, -0.2) is 23.5 Å². The molecule has 0 aliphatic carbocycles. The van der Waals surface area contributed by atoms with Gasteiger partial charge in [0.2, 0.25) is 11.8 Å². The van der Waals surface area contributed by atoms with E-state index >= 15 is 0 Å². The van der Waals surface area contributed by atoms with E-state index in [-0.39, 0.29) is 45.4 Å². The fraction of sp³-hybridized carbons (Fsp3) is 0.400. The van der Waals surface area contributed by atoms with Crippen molar-refractivity contribution in [1.29, 1.82) is 0 Å². The summed E-state index contributed by atoms with van der Waals surface area (Å²) in [6.45, 7) is 19.9. The zero-order valence-electron chi connectivity index (χ0n) is 42.4. The van der Waals surface area contributed by atoms with Crippen LogP contribution in [0.5, 0.6) is 0 Å². The minimum atomic E-state index is -0.675. The lowest BCUT2D eigenvalue weighted by Crippen LogP contribution is -2.39. The van der Waals surface area contributed by atoms with Crippen LogP contribution < -0.4 is 15.5 Å². The van der Waals surface area contributed by atoms with E-state index in [9.17, 15) is 32.8 Å². The molecule has 2 aliphatic rings. The summed E-state index contributed by atoms with van der Waals surface area (Å²) in [5.74, 6) is -1.97. The van der Waals surface area contributed by atoms with Gasteiger partial charge in [-0.2, -0.15) is 0 Å². The maximum Gasteiger partial charge on any atom is 0.410 e. The molecule has 0 saturated carbocycles. The second-order valence-corrected chi connectivity index (χ2v) is 21.2. The largest absolute Gasteiger partial charge is 0.444 e. The molecule has 8 rings (SSSR count).